The number of alkyl halides is 3. The van der Waals surface area contributed by atoms with Gasteiger partial charge in [-0.05, 0) is 83.4 Å². The van der Waals surface area contributed by atoms with E-state index in [9.17, 15) is 18.0 Å². The molecule has 2 amide bonds. The van der Waals surface area contributed by atoms with E-state index in [4.69, 9.17) is 4.84 Å². The Labute approximate surface area is 187 Å². The van der Waals surface area contributed by atoms with Crippen LogP contribution in [-0.4, -0.2) is 17.3 Å². The molecule has 0 atom stereocenters. The van der Waals surface area contributed by atoms with Gasteiger partial charge >= 0.3 is 12.2 Å². The second-order valence-corrected chi connectivity index (χ2v) is 9.19. The number of aryl methyl sites for hydroxylation is 1. The molecule has 0 spiro atoms. The SMILES string of the molecule is C/C(=N\OC(C)(C)C)c1cccc(C(C)(C)NC(=O)Nc2ccc(C)c(C(F)(F)F)c2)c1. The number of halogens is 3. The van der Waals surface area contributed by atoms with Gasteiger partial charge in [0.15, 0.2) is 0 Å². The molecule has 0 aliphatic carbocycles. The van der Waals surface area contributed by atoms with Crippen molar-refractivity contribution in [3.05, 3.63) is 64.7 Å². The third-order valence-corrected chi connectivity index (χ3v) is 4.69. The van der Waals surface area contributed by atoms with Crippen molar-refractivity contribution in [3.63, 3.8) is 0 Å². The third-order valence-electron chi connectivity index (χ3n) is 4.69. The van der Waals surface area contributed by atoms with Gasteiger partial charge in [-0.15, -0.1) is 0 Å². The summed E-state index contributed by atoms with van der Waals surface area (Å²) in [4.78, 5) is 18.0. The summed E-state index contributed by atoms with van der Waals surface area (Å²) in [5, 5.41) is 9.47. The molecule has 2 rings (SSSR count). The predicted molar refractivity (Wildman–Crippen MR) is 121 cm³/mol. The Morgan fingerprint density at radius 3 is 2.25 bits per heavy atom. The zero-order valence-electron chi connectivity index (χ0n) is 19.4. The van der Waals surface area contributed by atoms with Crippen LogP contribution < -0.4 is 10.6 Å². The molecule has 8 heteroatoms. The van der Waals surface area contributed by atoms with Crippen molar-refractivity contribution in [2.24, 2.45) is 5.16 Å². The number of oxime groups is 1. The highest BCUT2D eigenvalue weighted by atomic mass is 19.4. The number of carbonyl (C=O) groups excluding carboxylic acids is 1. The monoisotopic (exact) mass is 449 g/mol. The van der Waals surface area contributed by atoms with E-state index in [-0.39, 0.29) is 11.3 Å². The normalized spacial score (nSPS) is 13.0. The molecule has 174 valence electrons. The summed E-state index contributed by atoms with van der Waals surface area (Å²) in [6, 6.07) is 10.6. The Morgan fingerprint density at radius 2 is 1.66 bits per heavy atom. The van der Waals surface area contributed by atoms with Crippen LogP contribution in [-0.2, 0) is 16.6 Å². The number of nitrogens with one attached hydrogen (secondary N) is 2. The number of hydrogen-bond acceptors (Lipinski definition) is 3. The van der Waals surface area contributed by atoms with Crippen molar-refractivity contribution in [1.82, 2.24) is 5.32 Å². The lowest BCUT2D eigenvalue weighted by molar-refractivity contribution is -0.138. The van der Waals surface area contributed by atoms with Crippen LogP contribution >= 0.6 is 0 Å². The Kier molecular flexibility index (Phi) is 7.27. The quantitative estimate of drug-likeness (QED) is 0.399. The van der Waals surface area contributed by atoms with Gasteiger partial charge in [0, 0.05) is 5.69 Å². The minimum atomic E-state index is -4.49. The molecule has 0 aliphatic rings. The van der Waals surface area contributed by atoms with E-state index in [0.29, 0.717) is 5.71 Å². The fourth-order valence-electron chi connectivity index (χ4n) is 2.91. The van der Waals surface area contributed by atoms with Crippen LogP contribution in [0.3, 0.4) is 0 Å². The molecule has 0 bridgehead atoms. The van der Waals surface area contributed by atoms with E-state index in [1.165, 1.54) is 19.1 Å². The minimum absolute atomic E-state index is 0.0623. The molecule has 2 aromatic carbocycles. The van der Waals surface area contributed by atoms with E-state index in [2.05, 4.69) is 15.8 Å². The Morgan fingerprint density at radius 1 is 1.00 bits per heavy atom. The molecule has 5 nitrogen and oxygen atoms in total. The Hall–Kier alpha value is -3.03. The largest absolute Gasteiger partial charge is 0.416 e. The standard InChI is InChI=1S/C24H30F3N3O2/c1-15-11-12-19(14-20(15)24(25,26)27)28-21(31)29-23(6,7)18-10-8-9-17(13-18)16(2)30-32-22(3,4)5/h8-14H,1-7H3,(H2,28,29,31)/b30-16+. The molecule has 2 N–H and O–H groups in total. The lowest BCUT2D eigenvalue weighted by atomic mass is 9.92. The molecule has 0 saturated heterocycles. The molecule has 0 unspecified atom stereocenters. The molecule has 0 aliphatic heterocycles. The molecule has 0 heterocycles. The average Bonchev–Trinajstić information content (AvgIpc) is 2.66. The van der Waals surface area contributed by atoms with Gasteiger partial charge in [-0.1, -0.05) is 29.4 Å². The number of amides is 2. The van der Waals surface area contributed by atoms with E-state index in [1.54, 1.807) is 13.8 Å². The zero-order valence-corrected chi connectivity index (χ0v) is 19.4. The first-order valence-corrected chi connectivity index (χ1v) is 10.2. The highest BCUT2D eigenvalue weighted by Crippen LogP contribution is 2.33. The maximum atomic E-state index is 13.1. The van der Waals surface area contributed by atoms with Crippen molar-refractivity contribution < 1.29 is 22.8 Å². The molecular weight excluding hydrogens is 419 g/mol. The lowest BCUT2D eigenvalue weighted by Crippen LogP contribution is -2.43. The van der Waals surface area contributed by atoms with E-state index < -0.39 is 28.9 Å². The molecule has 0 aromatic heterocycles. The van der Waals surface area contributed by atoms with Gasteiger partial charge in [0.2, 0.25) is 0 Å². The number of hydrogen-bond donors (Lipinski definition) is 2. The minimum Gasteiger partial charge on any atom is -0.390 e. The number of rotatable bonds is 5. The van der Waals surface area contributed by atoms with Crippen LogP contribution in [0.15, 0.2) is 47.6 Å². The summed E-state index contributed by atoms with van der Waals surface area (Å²) in [6.07, 6.45) is -4.49. The lowest BCUT2D eigenvalue weighted by Gasteiger charge is -2.27. The first kappa shape index (κ1) is 25.2. The van der Waals surface area contributed by atoms with E-state index in [1.807, 2.05) is 52.0 Å². The number of carbonyl (C=O) groups is 1. The third kappa shape index (κ3) is 7.00. The van der Waals surface area contributed by atoms with E-state index >= 15 is 0 Å². The summed E-state index contributed by atoms with van der Waals surface area (Å²) in [7, 11) is 0. The first-order chi connectivity index (χ1) is 14.6. The first-order valence-electron chi connectivity index (χ1n) is 10.2. The van der Waals surface area contributed by atoms with Crippen molar-refractivity contribution in [3.8, 4) is 0 Å². The van der Waals surface area contributed by atoms with Gasteiger partial charge in [-0.3, -0.25) is 0 Å². The van der Waals surface area contributed by atoms with Crippen LogP contribution in [0.4, 0.5) is 23.7 Å². The topological polar surface area (TPSA) is 62.7 Å². The van der Waals surface area contributed by atoms with Crippen LogP contribution in [0.5, 0.6) is 0 Å². The molecule has 0 radical (unpaired) electrons. The summed E-state index contributed by atoms with van der Waals surface area (Å²) in [5.41, 5.74) is 0.463. The fraction of sp³-hybridized carbons (Fsp3) is 0.417. The maximum absolute atomic E-state index is 13.1. The summed E-state index contributed by atoms with van der Waals surface area (Å²) in [6.45, 7) is 12.5. The highest BCUT2D eigenvalue weighted by Gasteiger charge is 2.32. The predicted octanol–water partition coefficient (Wildman–Crippen LogP) is 6.61. The van der Waals surface area contributed by atoms with Crippen LogP contribution in [0, 0.1) is 6.92 Å². The molecule has 2 aromatic rings. The summed E-state index contributed by atoms with van der Waals surface area (Å²) in [5.74, 6) is 0. The second-order valence-electron chi connectivity index (χ2n) is 9.19. The zero-order chi connectivity index (χ0) is 24.3. The summed E-state index contributed by atoms with van der Waals surface area (Å²) < 4.78 is 39.4. The molecule has 32 heavy (non-hydrogen) atoms. The van der Waals surface area contributed by atoms with Crippen LogP contribution in [0.1, 0.15) is 63.8 Å². The van der Waals surface area contributed by atoms with Gasteiger partial charge in [0.25, 0.3) is 0 Å². The highest BCUT2D eigenvalue weighted by molar-refractivity contribution is 5.98. The van der Waals surface area contributed by atoms with Gasteiger partial charge in [-0.25, -0.2) is 4.79 Å². The number of nitrogens with zero attached hydrogens (tertiary/aromatic N) is 1. The van der Waals surface area contributed by atoms with Gasteiger partial charge in [0.05, 0.1) is 16.8 Å². The number of benzene rings is 2. The average molecular weight is 450 g/mol. The number of urea groups is 1. The maximum Gasteiger partial charge on any atom is 0.416 e. The fourth-order valence-corrected chi connectivity index (χ4v) is 2.91. The van der Waals surface area contributed by atoms with Crippen molar-refractivity contribution in [2.45, 2.75) is 65.8 Å². The smallest absolute Gasteiger partial charge is 0.390 e. The molecule has 0 fully saturated rings. The van der Waals surface area contributed by atoms with Gasteiger partial charge < -0.3 is 15.5 Å². The van der Waals surface area contributed by atoms with Crippen LogP contribution in [0.2, 0.25) is 0 Å². The Bertz CT molecular complexity index is 1010. The van der Waals surface area contributed by atoms with Gasteiger partial charge in [0.1, 0.15) is 5.60 Å². The second kappa shape index (κ2) is 9.22. The van der Waals surface area contributed by atoms with Crippen LogP contribution in [0.25, 0.3) is 0 Å². The van der Waals surface area contributed by atoms with Crippen molar-refractivity contribution in [1.29, 1.82) is 0 Å². The number of anilines is 1. The van der Waals surface area contributed by atoms with E-state index in [0.717, 1.165) is 17.2 Å². The van der Waals surface area contributed by atoms with Crippen molar-refractivity contribution >= 4 is 17.4 Å². The Balaban J connectivity index is 2.17. The molecule has 0 saturated carbocycles. The van der Waals surface area contributed by atoms with Gasteiger partial charge in [-0.2, -0.15) is 13.2 Å². The molecular formula is C24H30F3N3O2. The van der Waals surface area contributed by atoms with Crippen molar-refractivity contribution in [2.75, 3.05) is 5.32 Å². The summed E-state index contributed by atoms with van der Waals surface area (Å²) >= 11 is 0.